The summed E-state index contributed by atoms with van der Waals surface area (Å²) in [5.41, 5.74) is 6.90. The zero-order valence-corrected chi connectivity index (χ0v) is 8.81. The topological polar surface area (TPSA) is 26.0 Å². The van der Waals surface area contributed by atoms with Gasteiger partial charge in [-0.2, -0.15) is 0 Å². The van der Waals surface area contributed by atoms with Gasteiger partial charge in [0.1, 0.15) is 5.82 Å². The molecule has 0 saturated heterocycles. The molecule has 0 aromatic heterocycles. The summed E-state index contributed by atoms with van der Waals surface area (Å²) in [6.07, 6.45) is 2.20. The molecule has 0 bridgehead atoms. The van der Waals surface area contributed by atoms with Crippen molar-refractivity contribution in [3.05, 3.63) is 34.6 Å². The summed E-state index contributed by atoms with van der Waals surface area (Å²) in [5, 5.41) is 0.562. The van der Waals surface area contributed by atoms with Crippen molar-refractivity contribution in [3.63, 3.8) is 0 Å². The summed E-state index contributed by atoms with van der Waals surface area (Å²) >= 11 is 5.98. The lowest BCUT2D eigenvalue weighted by atomic mass is 9.92. The third-order valence-corrected chi connectivity index (χ3v) is 3.43. The highest BCUT2D eigenvalue weighted by molar-refractivity contribution is 6.31. The molecule has 14 heavy (non-hydrogen) atoms. The monoisotopic (exact) mass is 213 g/mol. The molecular formula is C11H13ClFN. The maximum Gasteiger partial charge on any atom is 0.123 e. The van der Waals surface area contributed by atoms with Crippen molar-refractivity contribution in [1.82, 2.24) is 0 Å². The zero-order valence-electron chi connectivity index (χ0n) is 8.06. The summed E-state index contributed by atoms with van der Waals surface area (Å²) in [7, 11) is 0. The average Bonchev–Trinajstić information content (AvgIpc) is 2.88. The van der Waals surface area contributed by atoms with Crippen molar-refractivity contribution in [2.45, 2.75) is 25.8 Å². The van der Waals surface area contributed by atoms with Crippen molar-refractivity contribution >= 4 is 11.6 Å². The lowest BCUT2D eigenvalue weighted by Crippen LogP contribution is -2.20. The van der Waals surface area contributed by atoms with Gasteiger partial charge in [0.15, 0.2) is 0 Å². The minimum atomic E-state index is -0.274. The number of nitrogens with two attached hydrogens (primary N) is 1. The number of halogens is 2. The minimum absolute atomic E-state index is 0.122. The molecule has 1 unspecified atom stereocenters. The lowest BCUT2D eigenvalue weighted by molar-refractivity contribution is 0.449. The molecule has 1 fully saturated rings. The Morgan fingerprint density at radius 2 is 2.14 bits per heavy atom. The number of benzene rings is 1. The van der Waals surface area contributed by atoms with E-state index >= 15 is 0 Å². The van der Waals surface area contributed by atoms with Crippen molar-refractivity contribution < 1.29 is 4.39 Å². The van der Waals surface area contributed by atoms with Crippen molar-refractivity contribution in [1.29, 1.82) is 0 Å². The maximum atomic E-state index is 13.0. The highest BCUT2D eigenvalue weighted by atomic mass is 35.5. The van der Waals surface area contributed by atoms with Gasteiger partial charge in [0.2, 0.25) is 0 Å². The van der Waals surface area contributed by atoms with Crippen LogP contribution in [0.25, 0.3) is 0 Å². The fourth-order valence-electron chi connectivity index (χ4n) is 1.64. The Morgan fingerprint density at radius 3 is 2.71 bits per heavy atom. The van der Waals surface area contributed by atoms with Gasteiger partial charge < -0.3 is 5.73 Å². The fraction of sp³-hybridized carbons (Fsp3) is 0.455. The largest absolute Gasteiger partial charge is 0.323 e. The number of hydrogen-bond acceptors (Lipinski definition) is 1. The van der Waals surface area contributed by atoms with Crippen LogP contribution in [0.4, 0.5) is 4.39 Å². The molecule has 1 atom stereocenters. The molecule has 0 heterocycles. The summed E-state index contributed by atoms with van der Waals surface area (Å²) < 4.78 is 13.0. The SMILES string of the molecule is CC1(C(N)c2cc(F)ccc2Cl)CC1. The quantitative estimate of drug-likeness (QED) is 0.802. The van der Waals surface area contributed by atoms with Crippen LogP contribution in [-0.4, -0.2) is 0 Å². The van der Waals surface area contributed by atoms with E-state index in [2.05, 4.69) is 6.92 Å². The first-order valence-electron chi connectivity index (χ1n) is 4.73. The molecule has 0 spiro atoms. The Bertz CT molecular complexity index is 360. The molecule has 1 aliphatic rings. The Morgan fingerprint density at radius 1 is 1.50 bits per heavy atom. The van der Waals surface area contributed by atoms with Gasteiger partial charge in [-0.05, 0) is 42.0 Å². The number of hydrogen-bond donors (Lipinski definition) is 1. The molecule has 1 saturated carbocycles. The molecule has 0 radical (unpaired) electrons. The van der Waals surface area contributed by atoms with Crippen LogP contribution in [0, 0.1) is 11.2 Å². The van der Waals surface area contributed by atoms with Crippen LogP contribution in [0.1, 0.15) is 31.4 Å². The predicted molar refractivity (Wildman–Crippen MR) is 55.7 cm³/mol. The van der Waals surface area contributed by atoms with Gasteiger partial charge >= 0.3 is 0 Å². The smallest absolute Gasteiger partial charge is 0.123 e. The molecule has 2 rings (SSSR count). The van der Waals surface area contributed by atoms with E-state index in [-0.39, 0.29) is 17.3 Å². The van der Waals surface area contributed by atoms with E-state index in [1.54, 1.807) is 6.07 Å². The van der Waals surface area contributed by atoms with Gasteiger partial charge in [-0.25, -0.2) is 4.39 Å². The van der Waals surface area contributed by atoms with E-state index < -0.39 is 0 Å². The van der Waals surface area contributed by atoms with Crippen molar-refractivity contribution in [2.75, 3.05) is 0 Å². The highest BCUT2D eigenvalue weighted by Crippen LogP contribution is 2.54. The lowest BCUT2D eigenvalue weighted by Gasteiger charge is -2.20. The Hall–Kier alpha value is -0.600. The van der Waals surface area contributed by atoms with E-state index in [0.717, 1.165) is 18.4 Å². The summed E-state index contributed by atoms with van der Waals surface area (Å²) in [5.74, 6) is -0.274. The van der Waals surface area contributed by atoms with Crippen LogP contribution in [0.5, 0.6) is 0 Å². The van der Waals surface area contributed by atoms with Gasteiger partial charge in [-0.15, -0.1) is 0 Å². The van der Waals surface area contributed by atoms with Crippen LogP contribution < -0.4 is 5.73 Å². The zero-order chi connectivity index (χ0) is 10.3. The van der Waals surface area contributed by atoms with Crippen LogP contribution in [0.15, 0.2) is 18.2 Å². The van der Waals surface area contributed by atoms with E-state index in [1.165, 1.54) is 12.1 Å². The molecule has 1 aliphatic carbocycles. The Kier molecular flexibility index (Phi) is 2.28. The molecule has 1 nitrogen and oxygen atoms in total. The van der Waals surface area contributed by atoms with E-state index in [1.807, 2.05) is 0 Å². The third-order valence-electron chi connectivity index (χ3n) is 3.08. The van der Waals surface area contributed by atoms with Crippen LogP contribution in [-0.2, 0) is 0 Å². The molecule has 76 valence electrons. The average molecular weight is 214 g/mol. The first-order chi connectivity index (χ1) is 6.53. The molecule has 3 heteroatoms. The summed E-state index contributed by atoms with van der Waals surface area (Å²) in [4.78, 5) is 0. The van der Waals surface area contributed by atoms with Gasteiger partial charge in [-0.1, -0.05) is 18.5 Å². The molecule has 0 aliphatic heterocycles. The second-order valence-electron chi connectivity index (χ2n) is 4.30. The predicted octanol–water partition coefficient (Wildman–Crippen LogP) is 3.28. The molecule has 2 N–H and O–H groups in total. The molecular weight excluding hydrogens is 201 g/mol. The maximum absolute atomic E-state index is 13.0. The van der Waals surface area contributed by atoms with Gasteiger partial charge in [-0.3, -0.25) is 0 Å². The van der Waals surface area contributed by atoms with Crippen LogP contribution >= 0.6 is 11.6 Å². The molecule has 0 amide bonds. The minimum Gasteiger partial charge on any atom is -0.323 e. The standard InChI is InChI=1S/C11H13ClFN/c1-11(4-5-11)10(14)8-6-7(13)2-3-9(8)12/h2-3,6,10H,4-5,14H2,1H3. The second-order valence-corrected chi connectivity index (χ2v) is 4.70. The van der Waals surface area contributed by atoms with Crippen molar-refractivity contribution in [3.8, 4) is 0 Å². The van der Waals surface area contributed by atoms with E-state index in [0.29, 0.717) is 5.02 Å². The first kappa shape index (κ1) is 9.94. The van der Waals surface area contributed by atoms with E-state index in [4.69, 9.17) is 17.3 Å². The van der Waals surface area contributed by atoms with Gasteiger partial charge in [0, 0.05) is 11.1 Å². The Balaban J connectivity index is 2.35. The van der Waals surface area contributed by atoms with E-state index in [9.17, 15) is 4.39 Å². The third kappa shape index (κ3) is 1.64. The highest BCUT2D eigenvalue weighted by Gasteiger charge is 2.44. The fourth-order valence-corrected chi connectivity index (χ4v) is 1.87. The summed E-state index contributed by atoms with van der Waals surface area (Å²) in [6.45, 7) is 2.11. The van der Waals surface area contributed by atoms with Gasteiger partial charge in [0.05, 0.1) is 0 Å². The molecule has 1 aromatic carbocycles. The van der Waals surface area contributed by atoms with Crippen molar-refractivity contribution in [2.24, 2.45) is 11.1 Å². The number of rotatable bonds is 2. The second kappa shape index (κ2) is 3.21. The van der Waals surface area contributed by atoms with Crippen LogP contribution in [0.3, 0.4) is 0 Å². The van der Waals surface area contributed by atoms with Gasteiger partial charge in [0.25, 0.3) is 0 Å². The Labute approximate surface area is 88.1 Å². The van der Waals surface area contributed by atoms with Crippen LogP contribution in [0.2, 0.25) is 5.02 Å². The first-order valence-corrected chi connectivity index (χ1v) is 5.11. The summed E-state index contributed by atoms with van der Waals surface area (Å²) in [6, 6.07) is 4.22. The normalized spacial score (nSPS) is 20.6. The molecule has 1 aromatic rings.